The lowest BCUT2D eigenvalue weighted by Crippen LogP contribution is -1.99. The normalized spacial score (nSPS) is 11.0. The smallest absolute Gasteiger partial charge is 0.0648 e. The third-order valence-corrected chi connectivity index (χ3v) is 3.82. The molecule has 2 aromatic heterocycles. The van der Waals surface area contributed by atoms with E-state index in [1.165, 1.54) is 10.9 Å². The van der Waals surface area contributed by atoms with Crippen molar-refractivity contribution in [1.82, 2.24) is 9.55 Å². The first kappa shape index (κ1) is 11.9. The summed E-state index contributed by atoms with van der Waals surface area (Å²) in [6.07, 6.45) is 3.93. The highest BCUT2D eigenvalue weighted by molar-refractivity contribution is 9.10. The Balaban J connectivity index is 1.99. The lowest BCUT2D eigenvalue weighted by molar-refractivity contribution is 0.807. The van der Waals surface area contributed by atoms with Crippen LogP contribution in [0, 0.1) is 0 Å². The van der Waals surface area contributed by atoms with Gasteiger partial charge in [-0.05, 0) is 51.6 Å². The molecule has 0 spiro atoms. The van der Waals surface area contributed by atoms with Crippen molar-refractivity contribution in [3.63, 3.8) is 0 Å². The lowest BCUT2D eigenvalue weighted by atomic mass is 10.2. The Hall–Kier alpha value is -1.13. The summed E-state index contributed by atoms with van der Waals surface area (Å²) in [5.41, 5.74) is 2.27. The van der Waals surface area contributed by atoms with Crippen molar-refractivity contribution >= 4 is 42.8 Å². The van der Waals surface area contributed by atoms with Gasteiger partial charge in [0.1, 0.15) is 0 Å². The minimum atomic E-state index is 0.785. The Labute approximate surface area is 122 Å². The number of nitrogens with zero attached hydrogens (tertiary/aromatic N) is 2. The monoisotopic (exact) mass is 364 g/mol. The zero-order valence-corrected chi connectivity index (χ0v) is 12.6. The van der Waals surface area contributed by atoms with Crippen molar-refractivity contribution in [2.24, 2.45) is 0 Å². The molecular weight excluding hydrogens is 356 g/mol. The Morgan fingerprint density at radius 3 is 2.61 bits per heavy atom. The molecule has 4 heteroatoms. The molecule has 0 aliphatic rings. The second-order valence-corrected chi connectivity index (χ2v) is 5.95. The average molecular weight is 366 g/mol. The first-order valence-corrected chi connectivity index (χ1v) is 7.16. The van der Waals surface area contributed by atoms with Gasteiger partial charge >= 0.3 is 0 Å². The van der Waals surface area contributed by atoms with Gasteiger partial charge in [-0.25, -0.2) is 0 Å². The summed E-state index contributed by atoms with van der Waals surface area (Å²) in [5.74, 6) is 0. The fourth-order valence-electron chi connectivity index (χ4n) is 1.97. The lowest BCUT2D eigenvalue weighted by Gasteiger charge is -2.05. The van der Waals surface area contributed by atoms with E-state index in [-0.39, 0.29) is 0 Å². The van der Waals surface area contributed by atoms with E-state index < -0.39 is 0 Å². The van der Waals surface area contributed by atoms with Gasteiger partial charge in [-0.2, -0.15) is 0 Å². The van der Waals surface area contributed by atoms with E-state index in [0.29, 0.717) is 0 Å². The van der Waals surface area contributed by atoms with Crippen molar-refractivity contribution in [2.75, 3.05) is 0 Å². The summed E-state index contributed by atoms with van der Waals surface area (Å²) in [6, 6.07) is 12.5. The first-order chi connectivity index (χ1) is 8.72. The third kappa shape index (κ3) is 2.35. The van der Waals surface area contributed by atoms with Crippen LogP contribution in [0.15, 0.2) is 57.7 Å². The van der Waals surface area contributed by atoms with Crippen molar-refractivity contribution in [3.05, 3.63) is 63.4 Å². The highest BCUT2D eigenvalue weighted by Crippen LogP contribution is 2.21. The van der Waals surface area contributed by atoms with Crippen LogP contribution in [0.4, 0.5) is 0 Å². The predicted octanol–water partition coefficient (Wildman–Crippen LogP) is 4.61. The van der Waals surface area contributed by atoms with Crippen LogP contribution >= 0.6 is 31.9 Å². The van der Waals surface area contributed by atoms with Crippen molar-refractivity contribution in [2.45, 2.75) is 6.54 Å². The molecule has 3 aromatic rings. The first-order valence-electron chi connectivity index (χ1n) is 5.57. The standard InChI is InChI=1S/C14H10Br2N2/c15-11-2-1-10-5-6-18(14(10)7-11)9-13-4-3-12(16)8-17-13/h1-8H,9H2. The van der Waals surface area contributed by atoms with Gasteiger partial charge in [0.25, 0.3) is 0 Å². The third-order valence-electron chi connectivity index (χ3n) is 2.86. The maximum atomic E-state index is 4.40. The van der Waals surface area contributed by atoms with E-state index in [9.17, 15) is 0 Å². The van der Waals surface area contributed by atoms with Crippen molar-refractivity contribution in [3.8, 4) is 0 Å². The van der Waals surface area contributed by atoms with Crippen LogP contribution in [0.25, 0.3) is 10.9 Å². The van der Waals surface area contributed by atoms with E-state index in [1.807, 2.05) is 18.3 Å². The topological polar surface area (TPSA) is 17.8 Å². The molecule has 0 saturated heterocycles. The van der Waals surface area contributed by atoms with Crippen molar-refractivity contribution < 1.29 is 0 Å². The van der Waals surface area contributed by atoms with E-state index in [1.54, 1.807) is 0 Å². The van der Waals surface area contributed by atoms with Crippen molar-refractivity contribution in [1.29, 1.82) is 0 Å². The molecule has 0 fully saturated rings. The molecule has 1 aromatic carbocycles. The zero-order valence-electron chi connectivity index (χ0n) is 9.48. The molecule has 2 heterocycles. The Morgan fingerprint density at radius 1 is 1.00 bits per heavy atom. The number of pyridine rings is 1. The van der Waals surface area contributed by atoms with Gasteiger partial charge in [0.15, 0.2) is 0 Å². The molecule has 0 amide bonds. The van der Waals surface area contributed by atoms with E-state index >= 15 is 0 Å². The van der Waals surface area contributed by atoms with E-state index in [4.69, 9.17) is 0 Å². The van der Waals surface area contributed by atoms with Gasteiger partial charge < -0.3 is 4.57 Å². The van der Waals surface area contributed by atoms with Crippen LogP contribution in [0.2, 0.25) is 0 Å². The average Bonchev–Trinajstić information content (AvgIpc) is 2.75. The van der Waals surface area contributed by atoms with Crippen LogP contribution in [0.5, 0.6) is 0 Å². The second-order valence-electron chi connectivity index (χ2n) is 4.11. The molecule has 0 radical (unpaired) electrons. The zero-order chi connectivity index (χ0) is 12.5. The SMILES string of the molecule is Brc1ccc(Cn2ccc3ccc(Br)cc32)nc1. The van der Waals surface area contributed by atoms with E-state index in [0.717, 1.165) is 21.2 Å². The summed E-state index contributed by atoms with van der Waals surface area (Å²) in [6.45, 7) is 0.785. The molecule has 0 unspecified atom stereocenters. The number of aromatic nitrogens is 2. The van der Waals surface area contributed by atoms with Gasteiger partial charge in [-0.3, -0.25) is 4.98 Å². The minimum Gasteiger partial charge on any atom is -0.341 e. The quantitative estimate of drug-likeness (QED) is 0.648. The Kier molecular flexibility index (Phi) is 3.22. The van der Waals surface area contributed by atoms with Crippen LogP contribution < -0.4 is 0 Å². The molecule has 0 saturated carbocycles. The number of fused-ring (bicyclic) bond motifs is 1. The molecular formula is C14H10Br2N2. The molecule has 0 aliphatic carbocycles. The maximum Gasteiger partial charge on any atom is 0.0648 e. The molecule has 3 rings (SSSR count). The highest BCUT2D eigenvalue weighted by Gasteiger charge is 2.03. The molecule has 2 nitrogen and oxygen atoms in total. The number of rotatable bonds is 2. The van der Waals surface area contributed by atoms with E-state index in [2.05, 4.69) is 71.9 Å². The number of halogens is 2. The van der Waals surface area contributed by atoms with Gasteiger partial charge in [-0.15, -0.1) is 0 Å². The molecule has 0 bridgehead atoms. The molecule has 0 N–H and O–H groups in total. The second kappa shape index (κ2) is 4.86. The molecule has 18 heavy (non-hydrogen) atoms. The highest BCUT2D eigenvalue weighted by atomic mass is 79.9. The summed E-state index contributed by atoms with van der Waals surface area (Å²) in [5, 5.41) is 1.25. The number of benzene rings is 1. The van der Waals surface area contributed by atoms with Crippen LogP contribution in [-0.4, -0.2) is 9.55 Å². The Bertz CT molecular complexity index is 687. The van der Waals surface area contributed by atoms with Crippen LogP contribution in [0.3, 0.4) is 0 Å². The number of hydrogen-bond donors (Lipinski definition) is 0. The van der Waals surface area contributed by atoms with Crippen LogP contribution in [-0.2, 0) is 6.54 Å². The Morgan fingerprint density at radius 2 is 1.83 bits per heavy atom. The van der Waals surface area contributed by atoms with Crippen LogP contribution in [0.1, 0.15) is 5.69 Å². The van der Waals surface area contributed by atoms with Gasteiger partial charge in [0, 0.05) is 26.9 Å². The minimum absolute atomic E-state index is 0.785. The largest absolute Gasteiger partial charge is 0.341 e. The molecule has 90 valence electrons. The summed E-state index contributed by atoms with van der Waals surface area (Å²) >= 11 is 6.91. The van der Waals surface area contributed by atoms with Gasteiger partial charge in [0.2, 0.25) is 0 Å². The summed E-state index contributed by atoms with van der Waals surface area (Å²) < 4.78 is 4.31. The van der Waals surface area contributed by atoms with Gasteiger partial charge in [-0.1, -0.05) is 22.0 Å². The maximum absolute atomic E-state index is 4.40. The summed E-state index contributed by atoms with van der Waals surface area (Å²) in [7, 11) is 0. The molecule has 0 atom stereocenters. The fraction of sp³-hybridized carbons (Fsp3) is 0.0714. The summed E-state index contributed by atoms with van der Waals surface area (Å²) in [4.78, 5) is 4.40. The van der Waals surface area contributed by atoms with Gasteiger partial charge in [0.05, 0.1) is 12.2 Å². The fourth-order valence-corrected chi connectivity index (χ4v) is 2.55. The molecule has 0 aliphatic heterocycles. The number of hydrogen-bond acceptors (Lipinski definition) is 1. The predicted molar refractivity (Wildman–Crippen MR) is 80.7 cm³/mol.